The van der Waals surface area contributed by atoms with E-state index in [1.807, 2.05) is 0 Å². The summed E-state index contributed by atoms with van der Waals surface area (Å²) in [7, 11) is -4.26. The summed E-state index contributed by atoms with van der Waals surface area (Å²) in [6.45, 7) is 1.18. The van der Waals surface area contributed by atoms with Crippen LogP contribution in [0.4, 0.5) is 10.1 Å². The lowest BCUT2D eigenvalue weighted by Gasteiger charge is -2.14. The molecule has 0 spiro atoms. The number of benzene rings is 1. The van der Waals surface area contributed by atoms with Gasteiger partial charge in [-0.15, -0.1) is 0 Å². The lowest BCUT2D eigenvalue weighted by molar-refractivity contribution is -0.385. The van der Waals surface area contributed by atoms with Gasteiger partial charge in [0.2, 0.25) is 10.0 Å². The Hall–Kier alpha value is -1.58. The zero-order valence-corrected chi connectivity index (χ0v) is 10.9. The molecule has 0 radical (unpaired) electrons. The second-order valence-electron chi connectivity index (χ2n) is 3.78. The number of nitrogens with zero attached hydrogens (tertiary/aromatic N) is 1. The molecule has 7 nitrogen and oxygen atoms in total. The summed E-state index contributed by atoms with van der Waals surface area (Å²) in [4.78, 5) is 8.92. The maximum atomic E-state index is 13.5. The standard InChI is InChI=1S/C10H13FN2O5S/c1-2-7(6-14)12-19(17,18)10-5-8(13(15)16)3-4-9(10)11/h3-5,7,12,14H,2,6H2,1H3/t7-/m1/s1. The number of hydrogen-bond donors (Lipinski definition) is 2. The number of nitrogens with one attached hydrogen (secondary N) is 1. The van der Waals surface area contributed by atoms with Crippen LogP contribution in [-0.2, 0) is 10.0 Å². The van der Waals surface area contributed by atoms with E-state index in [2.05, 4.69) is 4.72 Å². The minimum Gasteiger partial charge on any atom is -0.395 e. The highest BCUT2D eigenvalue weighted by Gasteiger charge is 2.24. The summed E-state index contributed by atoms with van der Waals surface area (Å²) in [5.41, 5.74) is -0.529. The number of rotatable bonds is 6. The highest BCUT2D eigenvalue weighted by atomic mass is 32.2. The van der Waals surface area contributed by atoms with Gasteiger partial charge in [-0.25, -0.2) is 17.5 Å². The number of aliphatic hydroxyl groups excluding tert-OH is 1. The Morgan fingerprint density at radius 2 is 2.16 bits per heavy atom. The lowest BCUT2D eigenvalue weighted by atomic mass is 10.3. The van der Waals surface area contributed by atoms with Gasteiger partial charge < -0.3 is 5.11 Å². The molecule has 0 bridgehead atoms. The van der Waals surface area contributed by atoms with Crippen LogP contribution in [0.5, 0.6) is 0 Å². The number of aliphatic hydroxyl groups is 1. The van der Waals surface area contributed by atoms with Crippen LogP contribution in [0.3, 0.4) is 0 Å². The van der Waals surface area contributed by atoms with Crippen molar-refractivity contribution < 1.29 is 22.8 Å². The van der Waals surface area contributed by atoms with Gasteiger partial charge in [-0.3, -0.25) is 10.1 Å². The molecular weight excluding hydrogens is 279 g/mol. The Morgan fingerprint density at radius 1 is 1.53 bits per heavy atom. The molecule has 1 atom stereocenters. The van der Waals surface area contributed by atoms with Crippen molar-refractivity contribution in [2.75, 3.05) is 6.61 Å². The molecular formula is C10H13FN2O5S. The maximum Gasteiger partial charge on any atom is 0.270 e. The minimum atomic E-state index is -4.26. The van der Waals surface area contributed by atoms with Crippen LogP contribution in [0, 0.1) is 15.9 Å². The number of sulfonamides is 1. The molecule has 106 valence electrons. The number of hydrogen-bond acceptors (Lipinski definition) is 5. The molecule has 0 aliphatic carbocycles. The zero-order chi connectivity index (χ0) is 14.6. The fourth-order valence-electron chi connectivity index (χ4n) is 1.34. The number of nitro groups is 1. The number of non-ortho nitro benzene ring substituents is 1. The van der Waals surface area contributed by atoms with Gasteiger partial charge in [-0.05, 0) is 12.5 Å². The molecule has 2 N–H and O–H groups in total. The van der Waals surface area contributed by atoms with E-state index >= 15 is 0 Å². The Bertz CT molecular complexity index is 571. The van der Waals surface area contributed by atoms with Gasteiger partial charge in [-0.1, -0.05) is 6.92 Å². The molecule has 1 rings (SSSR count). The van der Waals surface area contributed by atoms with Crippen molar-refractivity contribution in [3.63, 3.8) is 0 Å². The molecule has 9 heteroatoms. The molecule has 19 heavy (non-hydrogen) atoms. The second kappa shape index (κ2) is 6.04. The predicted molar refractivity (Wildman–Crippen MR) is 64.5 cm³/mol. The molecule has 1 aromatic carbocycles. The van der Waals surface area contributed by atoms with Crippen LogP contribution in [0.25, 0.3) is 0 Å². The summed E-state index contributed by atoms with van der Waals surface area (Å²) in [5.74, 6) is -1.09. The molecule has 0 aliphatic rings. The van der Waals surface area contributed by atoms with Gasteiger partial charge in [0.15, 0.2) is 0 Å². The van der Waals surface area contributed by atoms with Gasteiger partial charge in [0.05, 0.1) is 11.5 Å². The first-order valence-electron chi connectivity index (χ1n) is 5.39. The Labute approximate surface area is 109 Å². The third kappa shape index (κ3) is 3.69. The highest BCUT2D eigenvalue weighted by Crippen LogP contribution is 2.21. The molecule has 0 heterocycles. The average Bonchev–Trinajstić information content (AvgIpc) is 2.35. The summed E-state index contributed by atoms with van der Waals surface area (Å²) < 4.78 is 39.3. The van der Waals surface area contributed by atoms with Crippen molar-refractivity contribution in [1.29, 1.82) is 0 Å². The topological polar surface area (TPSA) is 110 Å². The third-order valence-corrected chi connectivity index (χ3v) is 3.99. The van der Waals surface area contributed by atoms with Gasteiger partial charge in [-0.2, -0.15) is 0 Å². The first-order valence-corrected chi connectivity index (χ1v) is 6.87. The average molecular weight is 292 g/mol. The largest absolute Gasteiger partial charge is 0.395 e. The van der Waals surface area contributed by atoms with Crippen LogP contribution < -0.4 is 4.72 Å². The van der Waals surface area contributed by atoms with E-state index < -0.39 is 44.0 Å². The predicted octanol–water partition coefficient (Wildman–Crippen LogP) is 0.783. The zero-order valence-electron chi connectivity index (χ0n) is 10.0. The van der Waals surface area contributed by atoms with Gasteiger partial charge in [0.1, 0.15) is 10.7 Å². The molecule has 0 fully saturated rings. The SMILES string of the molecule is CC[C@H](CO)NS(=O)(=O)c1cc([N+](=O)[O-])ccc1F. The summed E-state index contributed by atoms with van der Waals surface area (Å²) in [6.07, 6.45) is 0.298. The third-order valence-electron chi connectivity index (χ3n) is 2.45. The minimum absolute atomic E-state index is 0.298. The van der Waals surface area contributed by atoms with E-state index in [-0.39, 0.29) is 0 Å². The first kappa shape index (κ1) is 15.5. The van der Waals surface area contributed by atoms with Crippen molar-refractivity contribution >= 4 is 15.7 Å². The summed E-state index contributed by atoms with van der Waals surface area (Å²) in [5, 5.41) is 19.5. The normalized spacial score (nSPS) is 13.2. The van der Waals surface area contributed by atoms with E-state index in [1.165, 1.54) is 0 Å². The van der Waals surface area contributed by atoms with Crippen LogP contribution in [0.15, 0.2) is 23.1 Å². The number of nitro benzene ring substituents is 1. The fraction of sp³-hybridized carbons (Fsp3) is 0.400. The van der Waals surface area contributed by atoms with E-state index in [1.54, 1.807) is 6.92 Å². The Morgan fingerprint density at radius 3 is 2.63 bits per heavy atom. The summed E-state index contributed by atoms with van der Waals surface area (Å²) >= 11 is 0. The van der Waals surface area contributed by atoms with Gasteiger partial charge in [0, 0.05) is 18.2 Å². The lowest BCUT2D eigenvalue weighted by Crippen LogP contribution is -2.37. The number of halogens is 1. The van der Waals surface area contributed by atoms with Crippen molar-refractivity contribution in [2.24, 2.45) is 0 Å². The molecule has 0 saturated heterocycles. The fourth-order valence-corrected chi connectivity index (χ4v) is 2.75. The molecule has 0 unspecified atom stereocenters. The van der Waals surface area contributed by atoms with E-state index in [9.17, 15) is 22.9 Å². The van der Waals surface area contributed by atoms with Crippen LogP contribution in [0.2, 0.25) is 0 Å². The summed E-state index contributed by atoms with van der Waals surface area (Å²) in [6, 6.07) is 1.45. The monoisotopic (exact) mass is 292 g/mol. The van der Waals surface area contributed by atoms with Crippen molar-refractivity contribution in [3.05, 3.63) is 34.1 Å². The van der Waals surface area contributed by atoms with Crippen molar-refractivity contribution in [3.8, 4) is 0 Å². The van der Waals surface area contributed by atoms with Crippen LogP contribution in [-0.4, -0.2) is 31.1 Å². The second-order valence-corrected chi connectivity index (χ2v) is 5.46. The molecule has 1 aromatic rings. The van der Waals surface area contributed by atoms with Gasteiger partial charge in [0.25, 0.3) is 5.69 Å². The molecule has 0 amide bonds. The first-order chi connectivity index (χ1) is 8.81. The van der Waals surface area contributed by atoms with E-state index in [0.29, 0.717) is 18.6 Å². The molecule has 0 saturated carbocycles. The van der Waals surface area contributed by atoms with Crippen LogP contribution in [0.1, 0.15) is 13.3 Å². The van der Waals surface area contributed by atoms with E-state index in [4.69, 9.17) is 5.11 Å². The van der Waals surface area contributed by atoms with Crippen molar-refractivity contribution in [2.45, 2.75) is 24.3 Å². The maximum absolute atomic E-state index is 13.5. The van der Waals surface area contributed by atoms with Crippen LogP contribution >= 0.6 is 0 Å². The van der Waals surface area contributed by atoms with Crippen molar-refractivity contribution in [1.82, 2.24) is 4.72 Å². The Kier molecular flexibility index (Phi) is 4.92. The van der Waals surface area contributed by atoms with E-state index in [0.717, 1.165) is 6.07 Å². The molecule has 0 aromatic heterocycles. The van der Waals surface area contributed by atoms with Gasteiger partial charge >= 0.3 is 0 Å². The molecule has 0 aliphatic heterocycles. The highest BCUT2D eigenvalue weighted by molar-refractivity contribution is 7.89. The Balaban J connectivity index is 3.20. The quantitative estimate of drug-likeness (QED) is 0.595. The smallest absolute Gasteiger partial charge is 0.270 e.